The number of carbonyl (C=O) groups is 2. The Balaban J connectivity index is 1.80. The number of amides is 2. The maximum absolute atomic E-state index is 11.7. The number of nitrogens with zero attached hydrogens (tertiary/aromatic N) is 1. The Hall–Kier alpha value is -0.900. The van der Waals surface area contributed by atoms with Crippen molar-refractivity contribution in [3.63, 3.8) is 0 Å². The van der Waals surface area contributed by atoms with Crippen LogP contribution in [0.2, 0.25) is 0 Å². The Morgan fingerprint density at radius 2 is 2.12 bits per heavy atom. The lowest BCUT2D eigenvalue weighted by Crippen LogP contribution is -2.52. The summed E-state index contributed by atoms with van der Waals surface area (Å²) in [6, 6.07) is 0.742. The van der Waals surface area contributed by atoms with Crippen LogP contribution in [0.4, 0.5) is 0 Å². The summed E-state index contributed by atoms with van der Waals surface area (Å²) in [5, 5.41) is 2.44. The minimum atomic E-state index is -0.0826. The Morgan fingerprint density at radius 1 is 1.38 bits per heavy atom. The Morgan fingerprint density at radius 3 is 2.81 bits per heavy atom. The predicted molar refractivity (Wildman–Crippen MR) is 58.6 cm³/mol. The van der Waals surface area contributed by atoms with Crippen molar-refractivity contribution in [1.82, 2.24) is 10.2 Å². The van der Waals surface area contributed by atoms with Crippen molar-refractivity contribution in [1.29, 1.82) is 0 Å². The second-order valence-corrected chi connectivity index (χ2v) is 5.62. The van der Waals surface area contributed by atoms with Crippen molar-refractivity contribution in [2.45, 2.75) is 38.6 Å². The summed E-state index contributed by atoms with van der Waals surface area (Å²) in [5.74, 6) is -0.177. The van der Waals surface area contributed by atoms with E-state index in [2.05, 4.69) is 10.2 Å². The van der Waals surface area contributed by atoms with Gasteiger partial charge in [0, 0.05) is 30.3 Å². The SMILES string of the molecule is CC1C(=O)NC(=O)CC12CCN(C1CC1)C2. The fourth-order valence-electron chi connectivity index (χ4n) is 3.22. The number of hydrogen-bond acceptors (Lipinski definition) is 3. The molecule has 0 aromatic rings. The highest BCUT2D eigenvalue weighted by molar-refractivity contribution is 5.99. The molecule has 2 atom stereocenters. The summed E-state index contributed by atoms with van der Waals surface area (Å²) in [6.07, 6.45) is 4.13. The van der Waals surface area contributed by atoms with E-state index in [1.165, 1.54) is 12.8 Å². The molecule has 88 valence electrons. The zero-order valence-corrected chi connectivity index (χ0v) is 9.66. The van der Waals surface area contributed by atoms with Crippen molar-refractivity contribution in [3.8, 4) is 0 Å². The smallest absolute Gasteiger partial charge is 0.230 e. The standard InChI is InChI=1S/C12H18N2O2/c1-8-11(16)13-10(15)6-12(8)4-5-14(7-12)9-2-3-9/h8-9H,2-7H2,1H3,(H,13,15,16). The molecule has 1 aliphatic carbocycles. The van der Waals surface area contributed by atoms with Crippen LogP contribution in [0.5, 0.6) is 0 Å². The van der Waals surface area contributed by atoms with E-state index in [0.717, 1.165) is 25.6 Å². The third kappa shape index (κ3) is 1.47. The second-order valence-electron chi connectivity index (χ2n) is 5.62. The van der Waals surface area contributed by atoms with Crippen LogP contribution in [-0.2, 0) is 9.59 Å². The first kappa shape index (κ1) is 10.3. The topological polar surface area (TPSA) is 49.4 Å². The molecule has 1 spiro atoms. The maximum atomic E-state index is 11.7. The molecule has 0 aromatic carbocycles. The van der Waals surface area contributed by atoms with Crippen molar-refractivity contribution < 1.29 is 9.59 Å². The van der Waals surface area contributed by atoms with E-state index >= 15 is 0 Å². The fraction of sp³-hybridized carbons (Fsp3) is 0.833. The number of imide groups is 1. The van der Waals surface area contributed by atoms with Gasteiger partial charge in [0.2, 0.25) is 11.8 Å². The van der Waals surface area contributed by atoms with Crippen molar-refractivity contribution >= 4 is 11.8 Å². The molecular formula is C12H18N2O2. The van der Waals surface area contributed by atoms with Gasteiger partial charge in [-0.3, -0.25) is 19.8 Å². The zero-order chi connectivity index (χ0) is 11.3. The zero-order valence-electron chi connectivity index (χ0n) is 9.66. The van der Waals surface area contributed by atoms with Gasteiger partial charge < -0.3 is 0 Å². The third-order valence-electron chi connectivity index (χ3n) is 4.57. The van der Waals surface area contributed by atoms with E-state index in [4.69, 9.17) is 0 Å². The predicted octanol–water partition coefficient (Wildman–Crippen LogP) is 0.523. The minimum absolute atomic E-state index is 0.0195. The molecule has 0 bridgehead atoms. The maximum Gasteiger partial charge on any atom is 0.230 e. The Kier molecular flexibility index (Phi) is 2.11. The highest BCUT2D eigenvalue weighted by Gasteiger charge is 2.51. The van der Waals surface area contributed by atoms with E-state index in [1.54, 1.807) is 0 Å². The molecule has 2 aliphatic heterocycles. The molecule has 3 aliphatic rings. The lowest BCUT2D eigenvalue weighted by Gasteiger charge is -2.37. The van der Waals surface area contributed by atoms with Crippen molar-refractivity contribution in [2.75, 3.05) is 13.1 Å². The molecule has 3 fully saturated rings. The molecule has 16 heavy (non-hydrogen) atoms. The normalized spacial score (nSPS) is 40.4. The minimum Gasteiger partial charge on any atom is -0.300 e. The van der Waals surface area contributed by atoms with Gasteiger partial charge in [-0.25, -0.2) is 0 Å². The summed E-state index contributed by atoms with van der Waals surface area (Å²) in [5.41, 5.74) is -0.0675. The molecule has 0 radical (unpaired) electrons. The molecule has 0 aromatic heterocycles. The first-order valence-corrected chi connectivity index (χ1v) is 6.18. The van der Waals surface area contributed by atoms with Gasteiger partial charge in [0.15, 0.2) is 0 Å². The van der Waals surface area contributed by atoms with Crippen LogP contribution in [0.15, 0.2) is 0 Å². The van der Waals surface area contributed by atoms with Gasteiger partial charge in [-0.1, -0.05) is 6.92 Å². The summed E-state index contributed by atoms with van der Waals surface area (Å²) in [6.45, 7) is 3.98. The monoisotopic (exact) mass is 222 g/mol. The van der Waals surface area contributed by atoms with Gasteiger partial charge in [0.1, 0.15) is 0 Å². The first-order chi connectivity index (χ1) is 7.61. The summed E-state index contributed by atoms with van der Waals surface area (Å²) < 4.78 is 0. The highest BCUT2D eigenvalue weighted by atomic mass is 16.2. The van der Waals surface area contributed by atoms with Gasteiger partial charge in [-0.15, -0.1) is 0 Å². The lowest BCUT2D eigenvalue weighted by atomic mass is 9.70. The molecule has 2 unspecified atom stereocenters. The van der Waals surface area contributed by atoms with E-state index in [1.807, 2.05) is 6.92 Å². The van der Waals surface area contributed by atoms with Crippen LogP contribution in [0, 0.1) is 11.3 Å². The van der Waals surface area contributed by atoms with Crippen LogP contribution >= 0.6 is 0 Å². The quantitative estimate of drug-likeness (QED) is 0.658. The van der Waals surface area contributed by atoms with Crippen LogP contribution in [0.25, 0.3) is 0 Å². The van der Waals surface area contributed by atoms with Crippen LogP contribution in [0.3, 0.4) is 0 Å². The van der Waals surface area contributed by atoms with Crippen LogP contribution in [0.1, 0.15) is 32.6 Å². The largest absolute Gasteiger partial charge is 0.300 e. The lowest BCUT2D eigenvalue weighted by molar-refractivity contribution is -0.142. The Bertz CT molecular complexity index is 351. The van der Waals surface area contributed by atoms with E-state index in [0.29, 0.717) is 6.42 Å². The highest BCUT2D eigenvalue weighted by Crippen LogP contribution is 2.46. The van der Waals surface area contributed by atoms with Gasteiger partial charge >= 0.3 is 0 Å². The van der Waals surface area contributed by atoms with E-state index < -0.39 is 0 Å². The summed E-state index contributed by atoms with van der Waals surface area (Å²) in [4.78, 5) is 25.7. The van der Waals surface area contributed by atoms with Gasteiger partial charge in [-0.2, -0.15) is 0 Å². The van der Waals surface area contributed by atoms with Crippen LogP contribution in [-0.4, -0.2) is 35.8 Å². The average molecular weight is 222 g/mol. The number of likely N-dealkylation sites (tertiary alicyclic amines) is 1. The summed E-state index contributed by atoms with van der Waals surface area (Å²) >= 11 is 0. The second kappa shape index (κ2) is 3.29. The molecular weight excluding hydrogens is 204 g/mol. The molecule has 2 saturated heterocycles. The molecule has 4 nitrogen and oxygen atoms in total. The molecule has 2 amide bonds. The number of rotatable bonds is 1. The van der Waals surface area contributed by atoms with Crippen molar-refractivity contribution in [2.24, 2.45) is 11.3 Å². The summed E-state index contributed by atoms with van der Waals surface area (Å²) in [7, 11) is 0. The van der Waals surface area contributed by atoms with Gasteiger partial charge in [0.05, 0.1) is 0 Å². The van der Waals surface area contributed by atoms with Gasteiger partial charge in [-0.05, 0) is 25.8 Å². The first-order valence-electron chi connectivity index (χ1n) is 6.18. The van der Waals surface area contributed by atoms with Crippen molar-refractivity contribution in [3.05, 3.63) is 0 Å². The number of hydrogen-bond donors (Lipinski definition) is 1. The fourth-order valence-corrected chi connectivity index (χ4v) is 3.22. The molecule has 4 heteroatoms. The van der Waals surface area contributed by atoms with E-state index in [9.17, 15) is 9.59 Å². The average Bonchev–Trinajstić information content (AvgIpc) is 2.99. The number of piperidine rings is 1. The number of carbonyl (C=O) groups excluding carboxylic acids is 2. The Labute approximate surface area is 95.4 Å². The molecule has 2 heterocycles. The number of nitrogens with one attached hydrogen (secondary N) is 1. The molecule has 1 N–H and O–H groups in total. The van der Waals surface area contributed by atoms with E-state index in [-0.39, 0.29) is 23.1 Å². The van der Waals surface area contributed by atoms with Crippen LogP contribution < -0.4 is 5.32 Å². The third-order valence-corrected chi connectivity index (χ3v) is 4.57. The molecule has 1 saturated carbocycles. The molecule has 3 rings (SSSR count). The van der Waals surface area contributed by atoms with Gasteiger partial charge in [0.25, 0.3) is 0 Å².